The van der Waals surface area contributed by atoms with Crippen LogP contribution in [0.25, 0.3) is 20.7 Å². The van der Waals surface area contributed by atoms with Crippen molar-refractivity contribution in [3.63, 3.8) is 0 Å². The molecule has 0 unspecified atom stereocenters. The second-order valence-electron chi connectivity index (χ2n) is 7.33. The molecule has 0 saturated heterocycles. The molecule has 1 atom stereocenters. The predicted octanol–water partition coefficient (Wildman–Crippen LogP) is 4.46. The van der Waals surface area contributed by atoms with Crippen molar-refractivity contribution in [3.05, 3.63) is 42.7 Å². The van der Waals surface area contributed by atoms with Gasteiger partial charge >= 0.3 is 6.03 Å². The van der Waals surface area contributed by atoms with Crippen LogP contribution in [0, 0.1) is 0 Å². The first-order valence-electron chi connectivity index (χ1n) is 8.82. The number of thiophene rings is 1. The van der Waals surface area contributed by atoms with Crippen molar-refractivity contribution in [2.75, 3.05) is 0 Å². The third kappa shape index (κ3) is 5.08. The number of amides is 3. The molecule has 0 aliphatic carbocycles. The maximum atomic E-state index is 12.4. The van der Waals surface area contributed by atoms with Crippen molar-refractivity contribution in [3.8, 4) is 10.4 Å². The summed E-state index contributed by atoms with van der Waals surface area (Å²) in [6.45, 7) is 7.32. The fraction of sp³-hybridized carbons (Fsp3) is 0.300. The quantitative estimate of drug-likeness (QED) is 0.486. The molecule has 2 aromatic heterocycles. The van der Waals surface area contributed by atoms with Gasteiger partial charge in [0.1, 0.15) is 16.2 Å². The molecule has 146 valence electrons. The van der Waals surface area contributed by atoms with Crippen molar-refractivity contribution >= 4 is 45.3 Å². The first-order chi connectivity index (χ1) is 13.2. The number of nitrogens with one attached hydrogen (secondary N) is 2. The Labute approximate surface area is 172 Å². The maximum Gasteiger partial charge on any atom is 0.321 e. The van der Waals surface area contributed by atoms with E-state index in [1.54, 1.807) is 18.3 Å². The molecule has 0 spiro atoms. The largest absolute Gasteiger partial charge is 0.333 e. The van der Waals surface area contributed by atoms with Crippen molar-refractivity contribution < 1.29 is 9.59 Å². The second kappa shape index (κ2) is 8.28. The molecule has 6 nitrogen and oxygen atoms in total. The average Bonchev–Trinajstić information content (AvgIpc) is 3.06. The Balaban J connectivity index is 1.76. The number of urea groups is 1. The summed E-state index contributed by atoms with van der Waals surface area (Å²) in [7, 11) is 0. The third-order valence-corrected chi connectivity index (χ3v) is 5.94. The molecule has 0 fully saturated rings. The molecule has 28 heavy (non-hydrogen) atoms. The van der Waals surface area contributed by atoms with Crippen LogP contribution in [0.1, 0.15) is 27.7 Å². The van der Waals surface area contributed by atoms with E-state index < -0.39 is 16.8 Å². The zero-order chi connectivity index (χ0) is 20.3. The normalized spacial score (nSPS) is 12.6. The van der Waals surface area contributed by atoms with Gasteiger partial charge in [-0.25, -0.2) is 14.8 Å². The molecule has 2 N–H and O–H groups in total. The Morgan fingerprint density at radius 3 is 2.54 bits per heavy atom. The lowest BCUT2D eigenvalue weighted by Gasteiger charge is -2.21. The van der Waals surface area contributed by atoms with E-state index >= 15 is 0 Å². The molecule has 0 radical (unpaired) electrons. The van der Waals surface area contributed by atoms with E-state index in [9.17, 15) is 9.59 Å². The van der Waals surface area contributed by atoms with Gasteiger partial charge < -0.3 is 5.32 Å². The fourth-order valence-corrected chi connectivity index (χ4v) is 4.44. The van der Waals surface area contributed by atoms with Gasteiger partial charge in [-0.05, 0) is 39.3 Å². The number of hydrogen-bond acceptors (Lipinski definition) is 6. The highest BCUT2D eigenvalue weighted by molar-refractivity contribution is 8.00. The van der Waals surface area contributed by atoms with Gasteiger partial charge in [-0.15, -0.1) is 11.3 Å². The first-order valence-corrected chi connectivity index (χ1v) is 10.5. The fourth-order valence-electron chi connectivity index (χ4n) is 2.48. The van der Waals surface area contributed by atoms with Gasteiger partial charge in [-0.1, -0.05) is 42.1 Å². The summed E-state index contributed by atoms with van der Waals surface area (Å²) < 4.78 is 0. The van der Waals surface area contributed by atoms with Crippen molar-refractivity contribution in [1.29, 1.82) is 0 Å². The second-order valence-corrected chi connectivity index (χ2v) is 9.69. The standard InChI is InChI=1S/C20H22N4O2S2/c1-12(16(25)23-19(26)24-20(2,3)4)27-17-14-10-15(13-8-6-5-7-9-13)28-18(14)22-11-21-17/h5-12H,1-4H3,(H2,23,24,25,26)/t12-/m0/s1. The smallest absolute Gasteiger partial charge is 0.321 e. The summed E-state index contributed by atoms with van der Waals surface area (Å²) in [6.07, 6.45) is 1.51. The van der Waals surface area contributed by atoms with Crippen LogP contribution in [0.4, 0.5) is 4.79 Å². The Bertz CT molecular complexity index is 996. The molecule has 0 bridgehead atoms. The van der Waals surface area contributed by atoms with Crippen molar-refractivity contribution in [2.45, 2.75) is 43.5 Å². The molecule has 0 aliphatic rings. The molecule has 1 aromatic carbocycles. The van der Waals surface area contributed by atoms with Gasteiger partial charge in [-0.2, -0.15) is 0 Å². The van der Waals surface area contributed by atoms with E-state index in [0.717, 1.165) is 25.7 Å². The van der Waals surface area contributed by atoms with E-state index in [1.807, 2.05) is 39.0 Å². The van der Waals surface area contributed by atoms with Crippen LogP contribution in [-0.4, -0.2) is 32.7 Å². The summed E-state index contributed by atoms with van der Waals surface area (Å²) in [5, 5.41) is 6.25. The zero-order valence-corrected chi connectivity index (χ0v) is 17.8. The number of rotatable bonds is 4. The van der Waals surface area contributed by atoms with E-state index in [0.29, 0.717) is 0 Å². The number of hydrogen-bond donors (Lipinski definition) is 2. The monoisotopic (exact) mass is 414 g/mol. The number of thioether (sulfide) groups is 1. The Morgan fingerprint density at radius 2 is 1.86 bits per heavy atom. The number of carbonyl (C=O) groups excluding carboxylic acids is 2. The molecule has 0 saturated carbocycles. The predicted molar refractivity (Wildman–Crippen MR) is 115 cm³/mol. The molecule has 3 aromatic rings. The topological polar surface area (TPSA) is 84.0 Å². The highest BCUT2D eigenvalue weighted by atomic mass is 32.2. The lowest BCUT2D eigenvalue weighted by molar-refractivity contribution is -0.119. The third-order valence-electron chi connectivity index (χ3n) is 3.73. The molecule has 2 heterocycles. The number of carbonyl (C=O) groups is 2. The number of aromatic nitrogens is 2. The summed E-state index contributed by atoms with van der Waals surface area (Å²) in [4.78, 5) is 35.0. The lowest BCUT2D eigenvalue weighted by Crippen LogP contribution is -2.49. The lowest BCUT2D eigenvalue weighted by atomic mass is 10.1. The van der Waals surface area contributed by atoms with Gasteiger partial charge in [0.2, 0.25) is 5.91 Å². The first kappa shape index (κ1) is 20.3. The van der Waals surface area contributed by atoms with E-state index in [2.05, 4.69) is 38.8 Å². The summed E-state index contributed by atoms with van der Waals surface area (Å²) in [6, 6.07) is 11.6. The minimum absolute atomic E-state index is 0.364. The van der Waals surface area contributed by atoms with E-state index in [1.165, 1.54) is 18.1 Å². The number of fused-ring (bicyclic) bond motifs is 1. The van der Waals surface area contributed by atoms with Crippen LogP contribution < -0.4 is 10.6 Å². The Hall–Kier alpha value is -2.45. The van der Waals surface area contributed by atoms with Gasteiger partial charge in [0.05, 0.1) is 5.25 Å². The van der Waals surface area contributed by atoms with Crippen LogP contribution in [0.15, 0.2) is 47.8 Å². The van der Waals surface area contributed by atoms with Crippen molar-refractivity contribution in [1.82, 2.24) is 20.6 Å². The van der Waals surface area contributed by atoms with Crippen LogP contribution in [0.3, 0.4) is 0 Å². The van der Waals surface area contributed by atoms with Crippen LogP contribution in [0.5, 0.6) is 0 Å². The number of benzene rings is 1. The zero-order valence-electron chi connectivity index (χ0n) is 16.1. The SMILES string of the molecule is C[C@H](Sc1ncnc2sc(-c3ccccc3)cc12)C(=O)NC(=O)NC(C)(C)C. The molecule has 8 heteroatoms. The Kier molecular flexibility index (Phi) is 6.00. The molecule has 0 aliphatic heterocycles. The highest BCUT2D eigenvalue weighted by Crippen LogP contribution is 2.37. The number of nitrogens with zero attached hydrogens (tertiary/aromatic N) is 2. The average molecular weight is 415 g/mol. The van der Waals surface area contributed by atoms with E-state index in [4.69, 9.17) is 0 Å². The van der Waals surface area contributed by atoms with Crippen LogP contribution in [0.2, 0.25) is 0 Å². The maximum absolute atomic E-state index is 12.4. The van der Waals surface area contributed by atoms with E-state index in [-0.39, 0.29) is 5.91 Å². The summed E-state index contributed by atoms with van der Waals surface area (Å²) in [5.74, 6) is -0.364. The minimum atomic E-state index is -0.500. The Morgan fingerprint density at radius 1 is 1.14 bits per heavy atom. The molecular formula is C20H22N4O2S2. The summed E-state index contributed by atoms with van der Waals surface area (Å²) in [5.41, 5.74) is 0.704. The van der Waals surface area contributed by atoms with Gasteiger partial charge in [-0.3, -0.25) is 10.1 Å². The molecule has 3 rings (SSSR count). The van der Waals surface area contributed by atoms with Crippen LogP contribution >= 0.6 is 23.1 Å². The van der Waals surface area contributed by atoms with Gasteiger partial charge in [0.25, 0.3) is 0 Å². The van der Waals surface area contributed by atoms with Gasteiger partial charge in [0, 0.05) is 15.8 Å². The minimum Gasteiger partial charge on any atom is -0.333 e. The highest BCUT2D eigenvalue weighted by Gasteiger charge is 2.22. The van der Waals surface area contributed by atoms with Crippen molar-refractivity contribution in [2.24, 2.45) is 0 Å². The molecule has 3 amide bonds. The van der Waals surface area contributed by atoms with Gasteiger partial charge in [0.15, 0.2) is 0 Å². The summed E-state index contributed by atoms with van der Waals surface area (Å²) >= 11 is 2.90. The number of imide groups is 1. The molecular weight excluding hydrogens is 392 g/mol. The van der Waals surface area contributed by atoms with Crippen LogP contribution in [-0.2, 0) is 4.79 Å².